The van der Waals surface area contributed by atoms with Gasteiger partial charge in [0.15, 0.2) is 12.4 Å². The summed E-state index contributed by atoms with van der Waals surface area (Å²) >= 11 is 0. The van der Waals surface area contributed by atoms with Gasteiger partial charge in [-0.05, 0) is 38.5 Å². The van der Waals surface area contributed by atoms with Crippen LogP contribution >= 0.6 is 0 Å². The van der Waals surface area contributed by atoms with E-state index in [0.717, 1.165) is 44.9 Å². The smallest absolute Gasteiger partial charge is 0.306 e. The average molecular weight is 807 g/mol. The highest BCUT2D eigenvalue weighted by Gasteiger charge is 2.44. The summed E-state index contributed by atoms with van der Waals surface area (Å²) in [5.41, 5.74) is 0. The van der Waals surface area contributed by atoms with E-state index in [-0.39, 0.29) is 26.1 Å². The predicted octanol–water partition coefficient (Wildman–Crippen LogP) is 9.67. The molecule has 0 spiro atoms. The summed E-state index contributed by atoms with van der Waals surface area (Å²) in [5.74, 6) is -0.898. The number of allylic oxidation sites excluding steroid dienone is 8. The summed E-state index contributed by atoms with van der Waals surface area (Å²) < 4.78 is 22.1. The van der Waals surface area contributed by atoms with Gasteiger partial charge in [0.1, 0.15) is 31.0 Å². The second kappa shape index (κ2) is 37.9. The standard InChI is InChI=1S/C47H82O10/c1-3-5-7-9-11-13-15-17-18-19-20-21-22-24-25-27-29-31-33-35-42(49)54-38-40(39-55-47-46(53)45(52)44(51)41(37-48)57-47)56-43(50)36-34-32-30-28-26-23-16-14-12-10-8-6-4-2/h6,8,12,14,23,26,30,32,40-41,44-48,51-53H,3-5,7,9-11,13,15-22,24-25,27-29,31,33-39H2,1-2H3/b8-6-,14-12-,26-23-,32-30-. The minimum Gasteiger partial charge on any atom is -0.462 e. The van der Waals surface area contributed by atoms with Crippen LogP contribution in [0.15, 0.2) is 48.6 Å². The van der Waals surface area contributed by atoms with Crippen molar-refractivity contribution >= 4 is 11.9 Å². The van der Waals surface area contributed by atoms with E-state index in [2.05, 4.69) is 50.3 Å². The Labute approximate surface area is 346 Å². The molecule has 10 nitrogen and oxygen atoms in total. The Morgan fingerprint density at radius 2 is 1.04 bits per heavy atom. The molecule has 330 valence electrons. The lowest BCUT2D eigenvalue weighted by Gasteiger charge is -2.39. The number of carbonyl (C=O) groups is 2. The molecule has 1 aliphatic heterocycles. The summed E-state index contributed by atoms with van der Waals surface area (Å²) in [6.07, 6.45) is 37.1. The van der Waals surface area contributed by atoms with Gasteiger partial charge >= 0.3 is 11.9 Å². The fourth-order valence-electron chi connectivity index (χ4n) is 6.67. The molecule has 57 heavy (non-hydrogen) atoms. The highest BCUT2D eigenvalue weighted by molar-refractivity contribution is 5.70. The molecule has 0 aromatic rings. The highest BCUT2D eigenvalue weighted by atomic mass is 16.7. The minimum absolute atomic E-state index is 0.109. The molecule has 0 amide bonds. The summed E-state index contributed by atoms with van der Waals surface area (Å²) in [7, 11) is 0. The summed E-state index contributed by atoms with van der Waals surface area (Å²) in [6.45, 7) is 3.24. The summed E-state index contributed by atoms with van der Waals surface area (Å²) in [6, 6.07) is 0. The molecule has 1 saturated heterocycles. The Hall–Kier alpha value is -2.34. The maximum Gasteiger partial charge on any atom is 0.306 e. The second-order valence-corrected chi connectivity index (χ2v) is 15.5. The van der Waals surface area contributed by atoms with Crippen LogP contribution in [0.1, 0.15) is 181 Å². The van der Waals surface area contributed by atoms with Gasteiger partial charge in [0.25, 0.3) is 0 Å². The van der Waals surface area contributed by atoms with Crippen molar-refractivity contribution in [2.45, 2.75) is 218 Å². The van der Waals surface area contributed by atoms with Gasteiger partial charge in [0.05, 0.1) is 13.2 Å². The van der Waals surface area contributed by atoms with Crippen molar-refractivity contribution in [3.63, 3.8) is 0 Å². The Morgan fingerprint density at radius 1 is 0.561 bits per heavy atom. The number of rotatable bonds is 37. The van der Waals surface area contributed by atoms with Gasteiger partial charge in [0, 0.05) is 12.8 Å². The lowest BCUT2D eigenvalue weighted by atomic mass is 9.99. The van der Waals surface area contributed by atoms with Crippen LogP contribution in [0.25, 0.3) is 0 Å². The van der Waals surface area contributed by atoms with E-state index in [0.29, 0.717) is 6.42 Å². The van der Waals surface area contributed by atoms with Gasteiger partial charge < -0.3 is 39.4 Å². The molecule has 4 N–H and O–H groups in total. The van der Waals surface area contributed by atoms with Crippen molar-refractivity contribution in [3.8, 4) is 0 Å². The first-order valence-corrected chi connectivity index (χ1v) is 22.7. The Bertz CT molecular complexity index is 1070. The van der Waals surface area contributed by atoms with E-state index in [4.69, 9.17) is 18.9 Å². The lowest BCUT2D eigenvalue weighted by Crippen LogP contribution is -2.59. The molecule has 1 heterocycles. The van der Waals surface area contributed by atoms with E-state index in [9.17, 15) is 30.0 Å². The summed E-state index contributed by atoms with van der Waals surface area (Å²) in [4.78, 5) is 25.3. The van der Waals surface area contributed by atoms with Crippen molar-refractivity contribution < 1.29 is 49.0 Å². The molecule has 1 fully saturated rings. The van der Waals surface area contributed by atoms with Crippen LogP contribution in [-0.2, 0) is 28.5 Å². The molecular weight excluding hydrogens is 725 g/mol. The van der Waals surface area contributed by atoms with Crippen molar-refractivity contribution in [3.05, 3.63) is 48.6 Å². The molecule has 0 radical (unpaired) electrons. The number of hydrogen-bond donors (Lipinski definition) is 4. The number of aliphatic hydroxyl groups excluding tert-OH is 4. The third-order valence-corrected chi connectivity index (χ3v) is 10.2. The normalized spacial score (nSPS) is 20.7. The van der Waals surface area contributed by atoms with Crippen LogP contribution in [0.3, 0.4) is 0 Å². The van der Waals surface area contributed by atoms with Gasteiger partial charge in [-0.2, -0.15) is 0 Å². The maximum absolute atomic E-state index is 12.7. The van der Waals surface area contributed by atoms with Crippen LogP contribution in [0, 0.1) is 0 Å². The molecular formula is C47H82O10. The molecule has 1 rings (SSSR count). The van der Waals surface area contributed by atoms with E-state index in [1.54, 1.807) is 0 Å². The molecule has 0 aliphatic carbocycles. The van der Waals surface area contributed by atoms with Gasteiger partial charge in [0.2, 0.25) is 0 Å². The minimum atomic E-state index is -1.61. The third kappa shape index (κ3) is 29.5. The quantitative estimate of drug-likeness (QED) is 0.0271. The maximum atomic E-state index is 12.7. The van der Waals surface area contributed by atoms with E-state index in [1.807, 2.05) is 12.2 Å². The van der Waals surface area contributed by atoms with Crippen molar-refractivity contribution in [1.29, 1.82) is 0 Å². The summed E-state index contributed by atoms with van der Waals surface area (Å²) in [5, 5.41) is 40.0. The zero-order valence-electron chi connectivity index (χ0n) is 35.8. The first kappa shape index (κ1) is 52.7. The predicted molar refractivity (Wildman–Crippen MR) is 229 cm³/mol. The van der Waals surface area contributed by atoms with E-state index < -0.39 is 55.4 Å². The Kier molecular flexibility index (Phi) is 35.0. The van der Waals surface area contributed by atoms with Crippen molar-refractivity contribution in [1.82, 2.24) is 0 Å². The molecule has 10 heteroatoms. The van der Waals surface area contributed by atoms with Crippen LogP contribution in [0.4, 0.5) is 0 Å². The monoisotopic (exact) mass is 807 g/mol. The van der Waals surface area contributed by atoms with E-state index in [1.165, 1.54) is 103 Å². The van der Waals surface area contributed by atoms with Gasteiger partial charge in [-0.15, -0.1) is 0 Å². The number of hydrogen-bond acceptors (Lipinski definition) is 10. The molecule has 6 unspecified atom stereocenters. The number of aliphatic hydroxyl groups is 4. The number of esters is 2. The molecule has 1 aliphatic rings. The lowest BCUT2D eigenvalue weighted by molar-refractivity contribution is -0.305. The SMILES string of the molecule is CC/C=C\C/C=C\C/C=C\C/C=C\CCC(=O)OC(COC(=O)CCCCCCCCCCCCCCCCCCCCC)COC1OC(CO)C(O)C(O)C1O. The van der Waals surface area contributed by atoms with Crippen LogP contribution in [0.2, 0.25) is 0 Å². The van der Waals surface area contributed by atoms with Crippen molar-refractivity contribution in [2.24, 2.45) is 0 Å². The number of unbranched alkanes of at least 4 members (excludes halogenated alkanes) is 18. The third-order valence-electron chi connectivity index (χ3n) is 10.2. The number of carbonyl (C=O) groups excluding carboxylic acids is 2. The largest absolute Gasteiger partial charge is 0.462 e. The number of ether oxygens (including phenoxy) is 4. The molecule has 0 aromatic carbocycles. The first-order valence-electron chi connectivity index (χ1n) is 22.7. The topological polar surface area (TPSA) is 152 Å². The fraction of sp³-hybridized carbons (Fsp3) is 0.787. The molecule has 0 saturated carbocycles. The fourth-order valence-corrected chi connectivity index (χ4v) is 6.67. The molecule has 0 bridgehead atoms. The van der Waals surface area contributed by atoms with E-state index >= 15 is 0 Å². The van der Waals surface area contributed by atoms with Gasteiger partial charge in [-0.1, -0.05) is 178 Å². The van der Waals surface area contributed by atoms with Gasteiger partial charge in [-0.25, -0.2) is 0 Å². The Balaban J connectivity index is 2.32. The Morgan fingerprint density at radius 3 is 1.53 bits per heavy atom. The first-order chi connectivity index (χ1) is 27.8. The van der Waals surface area contributed by atoms with Crippen LogP contribution < -0.4 is 0 Å². The molecule has 6 atom stereocenters. The van der Waals surface area contributed by atoms with Gasteiger partial charge in [-0.3, -0.25) is 9.59 Å². The molecule has 0 aromatic heterocycles. The highest BCUT2D eigenvalue weighted by Crippen LogP contribution is 2.22. The van der Waals surface area contributed by atoms with Crippen LogP contribution in [-0.4, -0.2) is 89.0 Å². The van der Waals surface area contributed by atoms with Crippen LogP contribution in [0.5, 0.6) is 0 Å². The zero-order valence-corrected chi connectivity index (χ0v) is 35.8. The average Bonchev–Trinajstić information content (AvgIpc) is 3.21. The van der Waals surface area contributed by atoms with Crippen molar-refractivity contribution in [2.75, 3.05) is 19.8 Å². The second-order valence-electron chi connectivity index (χ2n) is 15.5. The zero-order chi connectivity index (χ0) is 41.6.